The first-order valence-electron chi connectivity index (χ1n) is 3.37. The Morgan fingerprint density at radius 3 is 1.33 bits per heavy atom. The Balaban J connectivity index is 0. The van der Waals surface area contributed by atoms with Crippen LogP contribution in [0.2, 0.25) is 0 Å². The summed E-state index contributed by atoms with van der Waals surface area (Å²) < 4.78 is 0. The van der Waals surface area contributed by atoms with E-state index in [0.717, 1.165) is 0 Å². The van der Waals surface area contributed by atoms with Gasteiger partial charge in [-0.2, -0.15) is 0 Å². The van der Waals surface area contributed by atoms with Crippen molar-refractivity contribution in [2.75, 3.05) is 6.61 Å². The summed E-state index contributed by atoms with van der Waals surface area (Å²) >= 11 is 0. The zero-order valence-electron chi connectivity index (χ0n) is 6.89. The van der Waals surface area contributed by atoms with Crippen molar-refractivity contribution >= 4 is 0 Å². The smallest absolute Gasteiger partial charge is 0.0453 e. The molecule has 0 saturated carbocycles. The molecular weight excluding hydrogens is 114 g/mol. The molecule has 0 aliphatic heterocycles. The summed E-state index contributed by atoms with van der Waals surface area (Å²) in [5.74, 6) is 0.440. The lowest BCUT2D eigenvalue weighted by Crippen LogP contribution is -2.06. The van der Waals surface area contributed by atoms with Crippen LogP contribution in [0, 0.1) is 5.92 Å². The number of hydrogen-bond donors (Lipinski definition) is 2. The van der Waals surface area contributed by atoms with Crippen LogP contribution < -0.4 is 5.73 Å². The topological polar surface area (TPSA) is 46.2 Å². The minimum absolute atomic E-state index is 0.306. The fourth-order valence-corrected chi connectivity index (χ4v) is 0. The number of rotatable bonds is 1. The second-order valence-corrected chi connectivity index (χ2v) is 2.82. The average Bonchev–Trinajstić information content (AvgIpc) is 1.65. The van der Waals surface area contributed by atoms with Gasteiger partial charge in [-0.25, -0.2) is 0 Å². The standard InChI is InChI=1S/C4H10O.C3H9N/c1-4(2)3-5;1-3(2)4/h4-5H,3H2,1-2H3;3H,4H2,1-2H3. The Morgan fingerprint density at radius 1 is 1.22 bits per heavy atom. The average molecular weight is 133 g/mol. The van der Waals surface area contributed by atoms with Crippen LogP contribution >= 0.6 is 0 Å². The quantitative estimate of drug-likeness (QED) is 0.560. The minimum Gasteiger partial charge on any atom is -0.396 e. The Morgan fingerprint density at radius 2 is 1.33 bits per heavy atom. The van der Waals surface area contributed by atoms with Crippen LogP contribution in [0.5, 0.6) is 0 Å². The van der Waals surface area contributed by atoms with Gasteiger partial charge in [0.25, 0.3) is 0 Å². The summed E-state index contributed by atoms with van der Waals surface area (Å²) in [5, 5.41) is 8.14. The Hall–Kier alpha value is -0.0800. The molecule has 0 aromatic carbocycles. The zero-order chi connectivity index (χ0) is 7.86. The van der Waals surface area contributed by atoms with Gasteiger partial charge < -0.3 is 10.8 Å². The molecule has 9 heavy (non-hydrogen) atoms. The number of hydrogen-bond acceptors (Lipinski definition) is 2. The predicted octanol–water partition coefficient (Wildman–Crippen LogP) is 0.988. The third kappa shape index (κ3) is 75.3. The molecule has 0 aliphatic carbocycles. The lowest BCUT2D eigenvalue weighted by molar-refractivity contribution is 0.248. The van der Waals surface area contributed by atoms with Gasteiger partial charge in [0.15, 0.2) is 0 Å². The molecule has 0 saturated heterocycles. The lowest BCUT2D eigenvalue weighted by atomic mass is 10.2. The molecule has 3 N–H and O–H groups in total. The molecule has 0 aliphatic rings. The van der Waals surface area contributed by atoms with Gasteiger partial charge >= 0.3 is 0 Å². The van der Waals surface area contributed by atoms with E-state index >= 15 is 0 Å². The van der Waals surface area contributed by atoms with Gasteiger partial charge in [-0.1, -0.05) is 27.7 Å². The SMILES string of the molecule is CC(C)CO.CC(C)N. The Bertz CT molecular complexity index is 41.4. The molecule has 0 radical (unpaired) electrons. The second kappa shape index (κ2) is 7.92. The van der Waals surface area contributed by atoms with E-state index in [4.69, 9.17) is 10.8 Å². The maximum absolute atomic E-state index is 8.14. The molecule has 58 valence electrons. The molecule has 0 aromatic heterocycles. The lowest BCUT2D eigenvalue weighted by Gasteiger charge is -1.90. The van der Waals surface area contributed by atoms with E-state index in [1.807, 2.05) is 27.7 Å². The van der Waals surface area contributed by atoms with Crippen molar-refractivity contribution in [3.63, 3.8) is 0 Å². The maximum Gasteiger partial charge on any atom is 0.0453 e. The van der Waals surface area contributed by atoms with Gasteiger partial charge in [0, 0.05) is 6.61 Å². The summed E-state index contributed by atoms with van der Waals surface area (Å²) in [6.07, 6.45) is 0. The highest BCUT2D eigenvalue weighted by Crippen LogP contribution is 1.83. The van der Waals surface area contributed by atoms with Crippen LogP contribution in [0.1, 0.15) is 27.7 Å². The molecule has 0 aromatic rings. The van der Waals surface area contributed by atoms with Crippen LogP contribution in [0.4, 0.5) is 0 Å². The van der Waals surface area contributed by atoms with E-state index in [1.54, 1.807) is 0 Å². The van der Waals surface area contributed by atoms with Crippen molar-refractivity contribution < 1.29 is 5.11 Å². The highest BCUT2D eigenvalue weighted by atomic mass is 16.3. The van der Waals surface area contributed by atoms with E-state index in [-0.39, 0.29) is 0 Å². The Kier molecular flexibility index (Phi) is 10.3. The molecule has 0 amide bonds. The zero-order valence-corrected chi connectivity index (χ0v) is 6.89. The highest BCUT2D eigenvalue weighted by molar-refractivity contribution is 4.32. The first kappa shape index (κ1) is 11.7. The maximum atomic E-state index is 8.14. The largest absolute Gasteiger partial charge is 0.396 e. The highest BCUT2D eigenvalue weighted by Gasteiger charge is 1.81. The van der Waals surface area contributed by atoms with Crippen molar-refractivity contribution in [2.24, 2.45) is 11.7 Å². The first-order valence-corrected chi connectivity index (χ1v) is 3.37. The fraction of sp³-hybridized carbons (Fsp3) is 1.00. The van der Waals surface area contributed by atoms with Gasteiger partial charge in [-0.05, 0) is 12.0 Å². The van der Waals surface area contributed by atoms with E-state index < -0.39 is 0 Å². The molecule has 2 heteroatoms. The van der Waals surface area contributed by atoms with Gasteiger partial charge in [0.05, 0.1) is 0 Å². The van der Waals surface area contributed by atoms with Crippen molar-refractivity contribution in [1.82, 2.24) is 0 Å². The van der Waals surface area contributed by atoms with E-state index in [1.165, 1.54) is 0 Å². The summed E-state index contributed by atoms with van der Waals surface area (Å²) in [6, 6.07) is 0.333. The predicted molar refractivity (Wildman–Crippen MR) is 41.2 cm³/mol. The van der Waals surface area contributed by atoms with E-state index in [2.05, 4.69) is 0 Å². The van der Waals surface area contributed by atoms with Gasteiger partial charge in [-0.15, -0.1) is 0 Å². The third-order valence-electron chi connectivity index (χ3n) is 0.365. The molecule has 0 bridgehead atoms. The van der Waals surface area contributed by atoms with Gasteiger partial charge in [0.2, 0.25) is 0 Å². The number of aliphatic hydroxyl groups excluding tert-OH is 1. The van der Waals surface area contributed by atoms with Crippen molar-refractivity contribution in [3.05, 3.63) is 0 Å². The van der Waals surface area contributed by atoms with Crippen molar-refractivity contribution in [1.29, 1.82) is 0 Å². The first-order chi connectivity index (χ1) is 4.00. The van der Waals surface area contributed by atoms with E-state index in [0.29, 0.717) is 18.6 Å². The monoisotopic (exact) mass is 133 g/mol. The van der Waals surface area contributed by atoms with Gasteiger partial charge in [-0.3, -0.25) is 0 Å². The molecule has 0 fully saturated rings. The summed E-state index contributed by atoms with van der Waals surface area (Å²) in [4.78, 5) is 0. The van der Waals surface area contributed by atoms with Crippen LogP contribution in [-0.2, 0) is 0 Å². The normalized spacial score (nSPS) is 9.33. The van der Waals surface area contributed by atoms with E-state index in [9.17, 15) is 0 Å². The van der Waals surface area contributed by atoms with Crippen LogP contribution in [0.25, 0.3) is 0 Å². The summed E-state index contributed by atoms with van der Waals surface area (Å²) in [5.41, 5.74) is 5.11. The van der Waals surface area contributed by atoms with Crippen LogP contribution in [0.3, 0.4) is 0 Å². The second-order valence-electron chi connectivity index (χ2n) is 2.82. The molecule has 0 rings (SSSR count). The minimum atomic E-state index is 0.306. The third-order valence-corrected chi connectivity index (χ3v) is 0.365. The molecule has 0 atom stereocenters. The van der Waals surface area contributed by atoms with Crippen LogP contribution in [0.15, 0.2) is 0 Å². The molecule has 2 nitrogen and oxygen atoms in total. The van der Waals surface area contributed by atoms with Crippen LogP contribution in [-0.4, -0.2) is 17.8 Å². The molecular formula is C7H19NO. The summed E-state index contributed by atoms with van der Waals surface area (Å²) in [7, 11) is 0. The molecule has 0 spiro atoms. The van der Waals surface area contributed by atoms with Crippen molar-refractivity contribution in [3.8, 4) is 0 Å². The van der Waals surface area contributed by atoms with Gasteiger partial charge in [0.1, 0.15) is 0 Å². The summed E-state index contributed by atoms with van der Waals surface area (Å²) in [6.45, 7) is 8.14. The molecule has 0 heterocycles. The Labute approximate surface area is 58.1 Å². The number of aliphatic hydroxyl groups is 1. The fourth-order valence-electron chi connectivity index (χ4n) is 0. The number of nitrogens with two attached hydrogens (primary N) is 1. The van der Waals surface area contributed by atoms with Crippen molar-refractivity contribution in [2.45, 2.75) is 33.7 Å². The molecule has 0 unspecified atom stereocenters.